The van der Waals surface area contributed by atoms with Crippen LogP contribution in [-0.4, -0.2) is 35.4 Å². The summed E-state index contributed by atoms with van der Waals surface area (Å²) in [5.41, 5.74) is 0.917. The molecule has 0 saturated heterocycles. The van der Waals surface area contributed by atoms with E-state index in [2.05, 4.69) is 17.9 Å². The average molecular weight is 283 g/mol. The van der Waals surface area contributed by atoms with E-state index in [-0.39, 0.29) is 13.0 Å². The predicted molar refractivity (Wildman–Crippen MR) is 74.7 cm³/mol. The Labute approximate surface area is 117 Å². The number of ether oxygens (including phenoxy) is 1. The molecule has 0 radical (unpaired) electrons. The number of hydrogen-bond acceptors (Lipinski definition) is 4. The number of rotatable bonds is 7. The normalized spacial score (nSPS) is 11.7. The van der Waals surface area contributed by atoms with E-state index in [1.807, 2.05) is 19.1 Å². The second kappa shape index (κ2) is 7.68. The van der Waals surface area contributed by atoms with Crippen molar-refractivity contribution in [2.75, 3.05) is 12.4 Å². The van der Waals surface area contributed by atoms with Gasteiger partial charge < -0.3 is 15.2 Å². The summed E-state index contributed by atoms with van der Waals surface area (Å²) >= 11 is 3.95. The van der Waals surface area contributed by atoms with Crippen molar-refractivity contribution in [3.05, 3.63) is 29.8 Å². The fourth-order valence-electron chi connectivity index (χ4n) is 1.48. The lowest BCUT2D eigenvalue weighted by Crippen LogP contribution is -2.43. The molecular weight excluding hydrogens is 266 g/mol. The van der Waals surface area contributed by atoms with E-state index >= 15 is 0 Å². The number of aryl methyl sites for hydroxylation is 1. The third-order valence-electron chi connectivity index (χ3n) is 2.50. The van der Waals surface area contributed by atoms with E-state index in [4.69, 9.17) is 9.84 Å². The maximum absolute atomic E-state index is 11.6. The van der Waals surface area contributed by atoms with Gasteiger partial charge in [-0.25, -0.2) is 4.79 Å². The third-order valence-corrected chi connectivity index (χ3v) is 2.76. The van der Waals surface area contributed by atoms with Gasteiger partial charge in [0.1, 0.15) is 11.8 Å². The highest BCUT2D eigenvalue weighted by Gasteiger charge is 2.19. The molecule has 2 N–H and O–H groups in total. The lowest BCUT2D eigenvalue weighted by atomic mass is 10.2. The standard InChI is InChI=1S/C13H17NO4S/c1-9-4-2-3-5-11(9)18-8-12(15)14-10(6-7-19)13(16)17/h2-5,10,19H,6-8H2,1H3,(H,14,15)(H,16,17). The summed E-state index contributed by atoms with van der Waals surface area (Å²) in [4.78, 5) is 22.5. The molecule has 0 saturated carbocycles. The SMILES string of the molecule is Cc1ccccc1OCC(=O)NC(CCS)C(=O)O. The van der Waals surface area contributed by atoms with Crippen molar-refractivity contribution in [2.45, 2.75) is 19.4 Å². The van der Waals surface area contributed by atoms with Crippen LogP contribution in [0, 0.1) is 6.92 Å². The maximum Gasteiger partial charge on any atom is 0.326 e. The van der Waals surface area contributed by atoms with Crippen molar-refractivity contribution >= 4 is 24.5 Å². The molecule has 0 bridgehead atoms. The number of hydrogen-bond donors (Lipinski definition) is 3. The fourth-order valence-corrected chi connectivity index (χ4v) is 1.74. The van der Waals surface area contributed by atoms with Gasteiger partial charge in [-0.1, -0.05) is 18.2 Å². The molecule has 1 unspecified atom stereocenters. The number of carboxylic acids is 1. The molecule has 1 aromatic carbocycles. The smallest absolute Gasteiger partial charge is 0.326 e. The molecule has 5 nitrogen and oxygen atoms in total. The van der Waals surface area contributed by atoms with E-state index in [0.29, 0.717) is 11.5 Å². The van der Waals surface area contributed by atoms with Crippen LogP contribution in [0.4, 0.5) is 0 Å². The molecule has 0 aliphatic heterocycles. The van der Waals surface area contributed by atoms with E-state index in [9.17, 15) is 9.59 Å². The minimum Gasteiger partial charge on any atom is -0.484 e. The summed E-state index contributed by atoms with van der Waals surface area (Å²) in [6.45, 7) is 1.66. The lowest BCUT2D eigenvalue weighted by molar-refractivity contribution is -0.142. The summed E-state index contributed by atoms with van der Waals surface area (Å²) < 4.78 is 5.33. The van der Waals surface area contributed by atoms with E-state index in [0.717, 1.165) is 5.56 Å². The Bertz CT molecular complexity index is 450. The number of thiol groups is 1. The van der Waals surface area contributed by atoms with Crippen LogP contribution in [0.2, 0.25) is 0 Å². The monoisotopic (exact) mass is 283 g/mol. The number of amides is 1. The molecule has 104 valence electrons. The zero-order valence-corrected chi connectivity index (χ0v) is 11.5. The van der Waals surface area contributed by atoms with Gasteiger partial charge in [-0.2, -0.15) is 12.6 Å². The van der Waals surface area contributed by atoms with Crippen LogP contribution >= 0.6 is 12.6 Å². The molecule has 0 aliphatic carbocycles. The zero-order chi connectivity index (χ0) is 14.3. The van der Waals surface area contributed by atoms with Gasteiger partial charge in [0.25, 0.3) is 5.91 Å². The van der Waals surface area contributed by atoms with Gasteiger partial charge >= 0.3 is 5.97 Å². The topological polar surface area (TPSA) is 75.6 Å². The van der Waals surface area contributed by atoms with Gasteiger partial charge in [0, 0.05) is 0 Å². The second-order valence-corrected chi connectivity index (χ2v) is 4.47. The molecule has 19 heavy (non-hydrogen) atoms. The number of carbonyl (C=O) groups excluding carboxylic acids is 1. The summed E-state index contributed by atoms with van der Waals surface area (Å²) in [7, 11) is 0. The number of carboxylic acid groups (broad SMARTS) is 1. The molecule has 0 aromatic heterocycles. The first-order valence-electron chi connectivity index (χ1n) is 5.86. The zero-order valence-electron chi connectivity index (χ0n) is 10.6. The quantitative estimate of drug-likeness (QED) is 0.659. The summed E-state index contributed by atoms with van der Waals surface area (Å²) in [5, 5.41) is 11.3. The van der Waals surface area contributed by atoms with Crippen molar-refractivity contribution in [3.63, 3.8) is 0 Å². The molecule has 0 spiro atoms. The molecule has 6 heteroatoms. The van der Waals surface area contributed by atoms with E-state index in [1.165, 1.54) is 0 Å². The van der Waals surface area contributed by atoms with Crippen LogP contribution in [-0.2, 0) is 9.59 Å². The Morgan fingerprint density at radius 3 is 2.68 bits per heavy atom. The highest BCUT2D eigenvalue weighted by Crippen LogP contribution is 2.15. The molecule has 1 aromatic rings. The third kappa shape index (κ3) is 5.21. The highest BCUT2D eigenvalue weighted by molar-refractivity contribution is 7.80. The van der Waals surface area contributed by atoms with E-state index < -0.39 is 17.9 Å². The molecule has 0 aliphatic rings. The largest absolute Gasteiger partial charge is 0.484 e. The van der Waals surface area contributed by atoms with Gasteiger partial charge in [-0.3, -0.25) is 4.79 Å². The van der Waals surface area contributed by atoms with Crippen molar-refractivity contribution in [2.24, 2.45) is 0 Å². The van der Waals surface area contributed by atoms with Crippen LogP contribution in [0.15, 0.2) is 24.3 Å². The number of aliphatic carboxylic acids is 1. The highest BCUT2D eigenvalue weighted by atomic mass is 32.1. The van der Waals surface area contributed by atoms with Crippen LogP contribution < -0.4 is 10.1 Å². The number of benzene rings is 1. The molecule has 1 rings (SSSR count). The van der Waals surface area contributed by atoms with Crippen LogP contribution in [0.1, 0.15) is 12.0 Å². The van der Waals surface area contributed by atoms with Crippen LogP contribution in [0.3, 0.4) is 0 Å². The maximum atomic E-state index is 11.6. The number of carbonyl (C=O) groups is 2. The minimum atomic E-state index is -1.07. The van der Waals surface area contributed by atoms with Gasteiger partial charge in [-0.15, -0.1) is 0 Å². The lowest BCUT2D eigenvalue weighted by Gasteiger charge is -2.14. The first kappa shape index (κ1) is 15.4. The van der Waals surface area contributed by atoms with Gasteiger partial charge in [0.15, 0.2) is 6.61 Å². The first-order valence-corrected chi connectivity index (χ1v) is 6.49. The van der Waals surface area contributed by atoms with Crippen LogP contribution in [0.25, 0.3) is 0 Å². The van der Waals surface area contributed by atoms with Crippen molar-refractivity contribution in [1.82, 2.24) is 5.32 Å². The Balaban J connectivity index is 2.47. The number of para-hydroxylation sites is 1. The van der Waals surface area contributed by atoms with Crippen molar-refractivity contribution < 1.29 is 19.4 Å². The molecule has 1 amide bonds. The Morgan fingerprint density at radius 2 is 2.11 bits per heavy atom. The Hall–Kier alpha value is -1.69. The summed E-state index contributed by atoms with van der Waals surface area (Å²) in [6.07, 6.45) is 0.272. The molecule has 0 heterocycles. The van der Waals surface area contributed by atoms with Crippen LogP contribution in [0.5, 0.6) is 5.75 Å². The molecule has 0 fully saturated rings. The Morgan fingerprint density at radius 1 is 1.42 bits per heavy atom. The summed E-state index contributed by atoms with van der Waals surface area (Å²) in [6, 6.07) is 6.38. The molecular formula is C13H17NO4S. The molecule has 1 atom stereocenters. The predicted octanol–water partition coefficient (Wildman–Crippen LogP) is 1.26. The minimum absolute atomic E-state index is 0.207. The van der Waals surface area contributed by atoms with Gasteiger partial charge in [-0.05, 0) is 30.7 Å². The average Bonchev–Trinajstić information content (AvgIpc) is 2.37. The fraction of sp³-hybridized carbons (Fsp3) is 0.385. The summed E-state index contributed by atoms with van der Waals surface area (Å²) in [5.74, 6) is -0.537. The van der Waals surface area contributed by atoms with Gasteiger partial charge in [0.05, 0.1) is 0 Å². The van der Waals surface area contributed by atoms with E-state index in [1.54, 1.807) is 12.1 Å². The Kier molecular flexibility index (Phi) is 6.21. The first-order chi connectivity index (χ1) is 9.04. The number of nitrogens with one attached hydrogen (secondary N) is 1. The van der Waals surface area contributed by atoms with Crippen molar-refractivity contribution in [3.8, 4) is 5.75 Å². The van der Waals surface area contributed by atoms with Gasteiger partial charge in [0.2, 0.25) is 0 Å². The second-order valence-electron chi connectivity index (χ2n) is 4.02. The van der Waals surface area contributed by atoms with Crippen molar-refractivity contribution in [1.29, 1.82) is 0 Å².